The summed E-state index contributed by atoms with van der Waals surface area (Å²) in [5, 5.41) is 6.37. The normalized spacial score (nSPS) is 10.7. The maximum absolute atomic E-state index is 13.6. The molecule has 146 valence electrons. The van der Waals surface area contributed by atoms with E-state index in [9.17, 15) is 9.18 Å². The molecule has 0 amide bonds. The molecule has 5 nitrogen and oxygen atoms in total. The number of halogens is 2. The van der Waals surface area contributed by atoms with Crippen molar-refractivity contribution in [2.24, 2.45) is 4.99 Å². The van der Waals surface area contributed by atoms with Gasteiger partial charge >= 0.3 is 5.97 Å². The second kappa shape index (κ2) is 12.3. The summed E-state index contributed by atoms with van der Waals surface area (Å²) >= 11 is 0. The van der Waals surface area contributed by atoms with Gasteiger partial charge in [-0.25, -0.2) is 14.2 Å². The van der Waals surface area contributed by atoms with Gasteiger partial charge in [-0.15, -0.1) is 24.0 Å². The number of hydrogen-bond acceptors (Lipinski definition) is 3. The third kappa shape index (κ3) is 7.54. The second-order valence-electron chi connectivity index (χ2n) is 5.65. The molecule has 0 atom stereocenters. The van der Waals surface area contributed by atoms with Crippen molar-refractivity contribution in [1.82, 2.24) is 10.6 Å². The number of aliphatic imine (C=N–C) groups is 1. The van der Waals surface area contributed by atoms with E-state index >= 15 is 0 Å². The number of hydrogen-bond donors (Lipinski definition) is 2. The molecule has 0 heterocycles. The quantitative estimate of drug-likeness (QED) is 0.273. The van der Waals surface area contributed by atoms with E-state index in [1.54, 1.807) is 24.3 Å². The standard InChI is InChI=1S/C20H24FN3O2.HI/c1-3-22-20(23-13-12-16-6-4-5-7-18(16)21)24-14-15-8-10-17(11-9-15)19(25)26-2;/h4-11H,3,12-14H2,1-2H3,(H2,22,23,24);1H. The minimum atomic E-state index is -0.358. The smallest absolute Gasteiger partial charge is 0.337 e. The van der Waals surface area contributed by atoms with Crippen molar-refractivity contribution in [1.29, 1.82) is 0 Å². The predicted octanol–water partition coefficient (Wildman–Crippen LogP) is 3.53. The molecule has 2 rings (SSSR count). The Morgan fingerprint density at radius 3 is 2.44 bits per heavy atom. The van der Waals surface area contributed by atoms with Gasteiger partial charge in [-0.3, -0.25) is 0 Å². The Labute approximate surface area is 176 Å². The number of benzene rings is 2. The highest BCUT2D eigenvalue weighted by molar-refractivity contribution is 14.0. The monoisotopic (exact) mass is 485 g/mol. The average Bonchev–Trinajstić information content (AvgIpc) is 2.67. The van der Waals surface area contributed by atoms with Crippen molar-refractivity contribution in [3.8, 4) is 0 Å². The van der Waals surface area contributed by atoms with Crippen LogP contribution in [0.25, 0.3) is 0 Å². The van der Waals surface area contributed by atoms with E-state index in [-0.39, 0.29) is 35.8 Å². The van der Waals surface area contributed by atoms with Gasteiger partial charge < -0.3 is 15.4 Å². The number of methoxy groups -OCH3 is 1. The summed E-state index contributed by atoms with van der Waals surface area (Å²) in [7, 11) is 1.36. The molecule has 27 heavy (non-hydrogen) atoms. The van der Waals surface area contributed by atoms with Crippen molar-refractivity contribution in [2.45, 2.75) is 19.9 Å². The molecule has 2 aromatic carbocycles. The fourth-order valence-corrected chi connectivity index (χ4v) is 2.39. The Kier molecular flexibility index (Phi) is 10.4. The summed E-state index contributed by atoms with van der Waals surface area (Å²) in [6.45, 7) is 3.76. The third-order valence-electron chi connectivity index (χ3n) is 3.78. The van der Waals surface area contributed by atoms with Crippen molar-refractivity contribution in [3.05, 3.63) is 71.0 Å². The molecular weight excluding hydrogens is 460 g/mol. The molecule has 0 spiro atoms. The number of nitrogens with one attached hydrogen (secondary N) is 2. The number of esters is 1. The lowest BCUT2D eigenvalue weighted by molar-refractivity contribution is 0.0600. The molecule has 2 N–H and O–H groups in total. The lowest BCUT2D eigenvalue weighted by Gasteiger charge is -2.11. The minimum absolute atomic E-state index is 0. The number of rotatable bonds is 7. The number of guanidine groups is 1. The molecule has 0 saturated carbocycles. The van der Waals surface area contributed by atoms with E-state index < -0.39 is 0 Å². The molecule has 0 aliphatic carbocycles. The van der Waals surface area contributed by atoms with Crippen LogP contribution in [0.15, 0.2) is 53.5 Å². The topological polar surface area (TPSA) is 62.7 Å². The average molecular weight is 485 g/mol. The predicted molar refractivity (Wildman–Crippen MR) is 116 cm³/mol. The van der Waals surface area contributed by atoms with E-state index in [0.717, 1.165) is 12.1 Å². The number of ether oxygens (including phenoxy) is 1. The van der Waals surface area contributed by atoms with E-state index in [4.69, 9.17) is 0 Å². The molecule has 0 saturated heterocycles. The molecule has 2 aromatic rings. The zero-order valence-electron chi connectivity index (χ0n) is 15.5. The zero-order chi connectivity index (χ0) is 18.8. The number of carbonyl (C=O) groups excluding carboxylic acids is 1. The molecule has 0 bridgehead atoms. The fourth-order valence-electron chi connectivity index (χ4n) is 2.39. The van der Waals surface area contributed by atoms with Crippen molar-refractivity contribution in [2.75, 3.05) is 20.2 Å². The SMILES string of the molecule is CCNC(=NCc1ccc(C(=O)OC)cc1)NCCc1ccccc1F.I. The van der Waals surface area contributed by atoms with Gasteiger partial charge in [-0.05, 0) is 42.7 Å². The minimum Gasteiger partial charge on any atom is -0.465 e. The lowest BCUT2D eigenvalue weighted by Crippen LogP contribution is -2.38. The van der Waals surface area contributed by atoms with Gasteiger partial charge in [0.05, 0.1) is 19.2 Å². The molecule has 0 fully saturated rings. The molecule has 7 heteroatoms. The van der Waals surface area contributed by atoms with Crippen LogP contribution in [0.2, 0.25) is 0 Å². The first-order chi connectivity index (χ1) is 12.6. The van der Waals surface area contributed by atoms with E-state index in [1.807, 2.05) is 25.1 Å². The summed E-state index contributed by atoms with van der Waals surface area (Å²) in [5.41, 5.74) is 2.16. The van der Waals surface area contributed by atoms with Crippen LogP contribution < -0.4 is 10.6 Å². The highest BCUT2D eigenvalue weighted by Crippen LogP contribution is 2.07. The highest BCUT2D eigenvalue weighted by atomic mass is 127. The lowest BCUT2D eigenvalue weighted by atomic mass is 10.1. The third-order valence-corrected chi connectivity index (χ3v) is 3.78. The van der Waals surface area contributed by atoms with Gasteiger partial charge in [-0.1, -0.05) is 30.3 Å². The van der Waals surface area contributed by atoms with Crippen molar-refractivity contribution < 1.29 is 13.9 Å². The first kappa shape index (κ1) is 22.9. The Bertz CT molecular complexity index is 751. The molecule has 0 aromatic heterocycles. The summed E-state index contributed by atoms with van der Waals surface area (Å²) in [5.74, 6) is 0.117. The van der Waals surface area contributed by atoms with E-state index in [1.165, 1.54) is 13.2 Å². The van der Waals surface area contributed by atoms with Gasteiger partial charge in [0.25, 0.3) is 0 Å². The van der Waals surface area contributed by atoms with Crippen LogP contribution in [0, 0.1) is 5.82 Å². The maximum Gasteiger partial charge on any atom is 0.337 e. The van der Waals surface area contributed by atoms with Crippen LogP contribution in [0.5, 0.6) is 0 Å². The Balaban J connectivity index is 0.00000364. The van der Waals surface area contributed by atoms with Gasteiger partial charge in [0.1, 0.15) is 5.82 Å². The van der Waals surface area contributed by atoms with Gasteiger partial charge in [0.15, 0.2) is 5.96 Å². The Morgan fingerprint density at radius 1 is 1.11 bits per heavy atom. The van der Waals surface area contributed by atoms with E-state index in [2.05, 4.69) is 20.4 Å². The zero-order valence-corrected chi connectivity index (χ0v) is 17.8. The van der Waals surface area contributed by atoms with Crippen LogP contribution in [0.1, 0.15) is 28.4 Å². The van der Waals surface area contributed by atoms with Crippen LogP contribution >= 0.6 is 24.0 Å². The number of carbonyl (C=O) groups is 1. The summed E-state index contributed by atoms with van der Waals surface area (Å²) in [6.07, 6.45) is 0.574. The molecule has 0 radical (unpaired) electrons. The van der Waals surface area contributed by atoms with Crippen LogP contribution in [-0.2, 0) is 17.7 Å². The maximum atomic E-state index is 13.6. The summed E-state index contributed by atoms with van der Waals surface area (Å²) in [4.78, 5) is 16.0. The Hall–Kier alpha value is -2.16. The molecule has 0 unspecified atom stereocenters. The van der Waals surface area contributed by atoms with Crippen LogP contribution in [0.3, 0.4) is 0 Å². The van der Waals surface area contributed by atoms with Gasteiger partial charge in [0.2, 0.25) is 0 Å². The van der Waals surface area contributed by atoms with Crippen molar-refractivity contribution in [3.63, 3.8) is 0 Å². The van der Waals surface area contributed by atoms with Crippen LogP contribution in [-0.4, -0.2) is 32.1 Å². The summed E-state index contributed by atoms with van der Waals surface area (Å²) < 4.78 is 18.3. The first-order valence-corrected chi connectivity index (χ1v) is 8.57. The Morgan fingerprint density at radius 2 is 1.81 bits per heavy atom. The fraction of sp³-hybridized carbons (Fsp3) is 0.300. The highest BCUT2D eigenvalue weighted by Gasteiger charge is 2.05. The largest absolute Gasteiger partial charge is 0.465 e. The van der Waals surface area contributed by atoms with Crippen LogP contribution in [0.4, 0.5) is 4.39 Å². The second-order valence-corrected chi connectivity index (χ2v) is 5.65. The van der Waals surface area contributed by atoms with Crippen molar-refractivity contribution >= 4 is 35.9 Å². The molecule has 0 aliphatic rings. The number of nitrogens with zero attached hydrogens (tertiary/aromatic N) is 1. The molecule has 0 aliphatic heterocycles. The first-order valence-electron chi connectivity index (χ1n) is 8.57. The molecular formula is C20H25FIN3O2. The summed E-state index contributed by atoms with van der Waals surface area (Å²) in [6, 6.07) is 13.9. The van der Waals surface area contributed by atoms with Gasteiger partial charge in [-0.2, -0.15) is 0 Å². The van der Waals surface area contributed by atoms with E-state index in [0.29, 0.717) is 36.6 Å². The van der Waals surface area contributed by atoms with Gasteiger partial charge in [0, 0.05) is 13.1 Å².